The van der Waals surface area contributed by atoms with Gasteiger partial charge in [-0.25, -0.2) is 0 Å². The summed E-state index contributed by atoms with van der Waals surface area (Å²) in [7, 11) is 0. The summed E-state index contributed by atoms with van der Waals surface area (Å²) in [6, 6.07) is 13.8. The third kappa shape index (κ3) is 2.80. The topological polar surface area (TPSA) is 35.2 Å². The van der Waals surface area contributed by atoms with Gasteiger partial charge in [0.25, 0.3) is 0 Å². The van der Waals surface area contributed by atoms with Crippen molar-refractivity contribution in [2.45, 2.75) is 13.5 Å². The molecule has 2 nitrogen and oxygen atoms in total. The number of nitrogen functional groups attached to an aromatic ring is 1. The molecule has 17 heavy (non-hydrogen) atoms. The highest BCUT2D eigenvalue weighted by molar-refractivity contribution is 9.10. The van der Waals surface area contributed by atoms with E-state index in [9.17, 15) is 0 Å². The highest BCUT2D eigenvalue weighted by Gasteiger charge is 2.05. The van der Waals surface area contributed by atoms with E-state index in [4.69, 9.17) is 10.5 Å². The van der Waals surface area contributed by atoms with E-state index >= 15 is 0 Å². The van der Waals surface area contributed by atoms with Crippen molar-refractivity contribution in [3.8, 4) is 5.75 Å². The Labute approximate surface area is 110 Å². The molecule has 0 radical (unpaired) electrons. The fourth-order valence-electron chi connectivity index (χ4n) is 1.64. The van der Waals surface area contributed by atoms with Gasteiger partial charge in [0, 0.05) is 10.0 Å². The lowest BCUT2D eigenvalue weighted by Gasteiger charge is -2.12. The molecule has 0 spiro atoms. The van der Waals surface area contributed by atoms with Gasteiger partial charge in [0.05, 0.1) is 5.69 Å². The fourth-order valence-corrected chi connectivity index (χ4v) is 2.04. The zero-order valence-electron chi connectivity index (χ0n) is 9.61. The number of halogens is 1. The van der Waals surface area contributed by atoms with Crippen LogP contribution in [0.25, 0.3) is 0 Å². The van der Waals surface area contributed by atoms with E-state index in [0.29, 0.717) is 12.3 Å². The molecule has 0 bridgehead atoms. The molecule has 0 aliphatic rings. The minimum absolute atomic E-state index is 0.510. The Hall–Kier alpha value is -1.48. The highest BCUT2D eigenvalue weighted by atomic mass is 79.9. The lowest BCUT2D eigenvalue weighted by molar-refractivity contribution is 0.305. The third-order valence-corrected chi connectivity index (χ3v) is 3.35. The molecule has 2 aromatic carbocycles. The summed E-state index contributed by atoms with van der Waals surface area (Å²) in [5.41, 5.74) is 8.72. The summed E-state index contributed by atoms with van der Waals surface area (Å²) in [5.74, 6) is 0.767. The number of hydrogen-bond donors (Lipinski definition) is 1. The van der Waals surface area contributed by atoms with Crippen LogP contribution in [0.5, 0.6) is 5.75 Å². The Kier molecular flexibility index (Phi) is 3.69. The molecule has 0 fully saturated rings. The average Bonchev–Trinajstić information content (AvgIpc) is 2.30. The van der Waals surface area contributed by atoms with E-state index in [0.717, 1.165) is 21.3 Å². The van der Waals surface area contributed by atoms with Crippen molar-refractivity contribution in [3.05, 3.63) is 58.1 Å². The summed E-state index contributed by atoms with van der Waals surface area (Å²) >= 11 is 3.50. The molecular formula is C14H14BrNO. The average molecular weight is 292 g/mol. The van der Waals surface area contributed by atoms with Gasteiger partial charge in [-0.05, 0) is 24.6 Å². The van der Waals surface area contributed by atoms with Crippen LogP contribution >= 0.6 is 15.9 Å². The van der Waals surface area contributed by atoms with Crippen molar-refractivity contribution < 1.29 is 4.74 Å². The van der Waals surface area contributed by atoms with Gasteiger partial charge in [-0.2, -0.15) is 0 Å². The van der Waals surface area contributed by atoms with Crippen molar-refractivity contribution in [1.82, 2.24) is 0 Å². The number of benzene rings is 2. The Morgan fingerprint density at radius 2 is 1.88 bits per heavy atom. The smallest absolute Gasteiger partial charge is 0.145 e. The molecule has 0 heterocycles. The van der Waals surface area contributed by atoms with Gasteiger partial charge in [0.1, 0.15) is 12.4 Å². The number of anilines is 1. The van der Waals surface area contributed by atoms with Gasteiger partial charge in [-0.3, -0.25) is 0 Å². The van der Waals surface area contributed by atoms with Crippen molar-refractivity contribution >= 4 is 21.6 Å². The highest BCUT2D eigenvalue weighted by Crippen LogP contribution is 2.27. The molecule has 0 aromatic heterocycles. The van der Waals surface area contributed by atoms with Gasteiger partial charge in [0.15, 0.2) is 0 Å². The predicted molar refractivity (Wildman–Crippen MR) is 74.1 cm³/mol. The maximum Gasteiger partial charge on any atom is 0.145 e. The minimum atomic E-state index is 0.510. The van der Waals surface area contributed by atoms with Crippen LogP contribution in [0.2, 0.25) is 0 Å². The first kappa shape index (κ1) is 12.0. The second-order valence-electron chi connectivity index (χ2n) is 3.87. The molecule has 0 aliphatic heterocycles. The molecule has 0 aliphatic carbocycles. The second-order valence-corrected chi connectivity index (χ2v) is 4.73. The number of para-hydroxylation sites is 1. The van der Waals surface area contributed by atoms with Crippen molar-refractivity contribution in [2.75, 3.05) is 5.73 Å². The van der Waals surface area contributed by atoms with Crippen LogP contribution in [-0.2, 0) is 6.61 Å². The van der Waals surface area contributed by atoms with Gasteiger partial charge in [-0.15, -0.1) is 0 Å². The molecule has 2 rings (SSSR count). The summed E-state index contributed by atoms with van der Waals surface area (Å²) < 4.78 is 6.83. The van der Waals surface area contributed by atoms with Crippen LogP contribution in [0.1, 0.15) is 11.1 Å². The van der Waals surface area contributed by atoms with Crippen molar-refractivity contribution in [2.24, 2.45) is 0 Å². The Morgan fingerprint density at radius 1 is 1.12 bits per heavy atom. The zero-order chi connectivity index (χ0) is 12.3. The monoisotopic (exact) mass is 291 g/mol. The Morgan fingerprint density at radius 3 is 2.59 bits per heavy atom. The quantitative estimate of drug-likeness (QED) is 0.870. The number of ether oxygens (including phenoxy) is 1. The Balaban J connectivity index is 2.16. The maximum absolute atomic E-state index is 5.89. The molecule has 2 aromatic rings. The van der Waals surface area contributed by atoms with Crippen LogP contribution in [0.15, 0.2) is 46.9 Å². The lowest BCUT2D eigenvalue weighted by Crippen LogP contribution is -2.00. The molecule has 2 N–H and O–H groups in total. The van der Waals surface area contributed by atoms with E-state index < -0.39 is 0 Å². The molecule has 3 heteroatoms. The normalized spacial score (nSPS) is 10.2. The second kappa shape index (κ2) is 5.23. The lowest BCUT2D eigenvalue weighted by atomic mass is 10.2. The first-order chi connectivity index (χ1) is 8.18. The largest absolute Gasteiger partial charge is 0.486 e. The summed E-state index contributed by atoms with van der Waals surface area (Å²) in [4.78, 5) is 0. The SMILES string of the molecule is Cc1cccc(N)c1OCc1ccccc1Br. The molecule has 0 saturated carbocycles. The van der Waals surface area contributed by atoms with E-state index in [2.05, 4.69) is 15.9 Å². The van der Waals surface area contributed by atoms with Gasteiger partial charge >= 0.3 is 0 Å². The summed E-state index contributed by atoms with van der Waals surface area (Å²) in [6.45, 7) is 2.50. The van der Waals surface area contributed by atoms with Crippen LogP contribution in [0, 0.1) is 6.92 Å². The number of hydrogen-bond acceptors (Lipinski definition) is 2. The van der Waals surface area contributed by atoms with E-state index in [1.165, 1.54) is 0 Å². The van der Waals surface area contributed by atoms with E-state index in [-0.39, 0.29) is 0 Å². The molecular weight excluding hydrogens is 278 g/mol. The molecule has 0 saturated heterocycles. The molecule has 0 atom stereocenters. The zero-order valence-corrected chi connectivity index (χ0v) is 11.2. The van der Waals surface area contributed by atoms with Crippen molar-refractivity contribution in [1.29, 1.82) is 0 Å². The molecule has 88 valence electrons. The van der Waals surface area contributed by atoms with E-state index in [1.54, 1.807) is 0 Å². The number of rotatable bonds is 3. The van der Waals surface area contributed by atoms with Gasteiger partial charge in [0.2, 0.25) is 0 Å². The number of aryl methyl sites for hydroxylation is 1. The summed E-state index contributed by atoms with van der Waals surface area (Å²) in [6.07, 6.45) is 0. The molecule has 0 unspecified atom stereocenters. The molecule has 0 amide bonds. The predicted octanol–water partition coefficient (Wildman–Crippen LogP) is 3.92. The van der Waals surface area contributed by atoms with Crippen LogP contribution in [0.4, 0.5) is 5.69 Å². The van der Waals surface area contributed by atoms with Crippen LogP contribution < -0.4 is 10.5 Å². The van der Waals surface area contributed by atoms with Crippen LogP contribution in [-0.4, -0.2) is 0 Å². The van der Waals surface area contributed by atoms with Gasteiger partial charge in [-0.1, -0.05) is 46.3 Å². The first-order valence-corrected chi connectivity index (χ1v) is 6.19. The van der Waals surface area contributed by atoms with Gasteiger partial charge < -0.3 is 10.5 Å². The van der Waals surface area contributed by atoms with Crippen LogP contribution in [0.3, 0.4) is 0 Å². The van der Waals surface area contributed by atoms with Crippen molar-refractivity contribution in [3.63, 3.8) is 0 Å². The first-order valence-electron chi connectivity index (χ1n) is 5.40. The van der Waals surface area contributed by atoms with E-state index in [1.807, 2.05) is 49.4 Å². The minimum Gasteiger partial charge on any atom is -0.486 e. The number of nitrogens with two attached hydrogens (primary N) is 1. The summed E-state index contributed by atoms with van der Waals surface area (Å²) in [5, 5.41) is 0. The Bertz CT molecular complexity index is 505. The fraction of sp³-hybridized carbons (Fsp3) is 0.143. The standard InChI is InChI=1S/C14H14BrNO/c1-10-5-4-8-13(16)14(10)17-9-11-6-2-3-7-12(11)15/h2-8H,9,16H2,1H3. The third-order valence-electron chi connectivity index (χ3n) is 2.57. The maximum atomic E-state index is 5.89.